The van der Waals surface area contributed by atoms with E-state index in [4.69, 9.17) is 22.4 Å². The van der Waals surface area contributed by atoms with Crippen LogP contribution in [0.2, 0.25) is 5.02 Å². The third-order valence-electron chi connectivity index (χ3n) is 3.91. The fraction of sp³-hybridized carbons (Fsp3) is 0.375. The molecule has 1 fully saturated rings. The molecule has 1 aromatic rings. The minimum absolute atomic E-state index is 0.100. The molecule has 1 heterocycles. The van der Waals surface area contributed by atoms with Crippen molar-refractivity contribution in [2.75, 3.05) is 19.6 Å². The van der Waals surface area contributed by atoms with Crippen molar-refractivity contribution in [1.82, 2.24) is 15.1 Å². The highest BCUT2D eigenvalue weighted by Crippen LogP contribution is 2.20. The van der Waals surface area contributed by atoms with E-state index in [0.29, 0.717) is 9.92 Å². The van der Waals surface area contributed by atoms with Crippen molar-refractivity contribution in [3.8, 4) is 0 Å². The fourth-order valence-corrected chi connectivity index (χ4v) is 2.72. The summed E-state index contributed by atoms with van der Waals surface area (Å²) in [6.45, 7) is 0.641. The SMILES string of the molecule is C[C@H](NC(=O)c1cccc(Cl)c1)C(=O)N1CCN(C(=N)C(F)(F)F)C(=N)C1. The zero-order chi connectivity index (χ0) is 20.4. The zero-order valence-corrected chi connectivity index (χ0v) is 15.0. The van der Waals surface area contributed by atoms with Gasteiger partial charge in [-0.3, -0.25) is 20.4 Å². The quantitative estimate of drug-likeness (QED) is 0.532. The van der Waals surface area contributed by atoms with Crippen molar-refractivity contribution in [2.24, 2.45) is 0 Å². The van der Waals surface area contributed by atoms with Crippen molar-refractivity contribution in [1.29, 1.82) is 10.8 Å². The van der Waals surface area contributed by atoms with E-state index >= 15 is 0 Å². The predicted octanol–water partition coefficient (Wildman–Crippen LogP) is 2.12. The Morgan fingerprint density at radius 3 is 2.52 bits per heavy atom. The lowest BCUT2D eigenvalue weighted by Gasteiger charge is -2.37. The van der Waals surface area contributed by atoms with E-state index in [2.05, 4.69) is 5.32 Å². The summed E-state index contributed by atoms with van der Waals surface area (Å²) in [5.74, 6) is -3.20. The molecule has 11 heteroatoms. The first-order valence-corrected chi connectivity index (χ1v) is 8.24. The number of carbonyl (C=O) groups excluding carboxylic acids is 2. The molecule has 2 rings (SSSR count). The Bertz CT molecular complexity index is 784. The predicted molar refractivity (Wildman–Crippen MR) is 93.2 cm³/mol. The number of hydrogen-bond acceptors (Lipinski definition) is 4. The van der Waals surface area contributed by atoms with Crippen LogP contribution < -0.4 is 5.32 Å². The summed E-state index contributed by atoms with van der Waals surface area (Å²) in [6.07, 6.45) is -4.86. The molecule has 0 aliphatic carbocycles. The monoisotopic (exact) mass is 403 g/mol. The average molecular weight is 404 g/mol. The Morgan fingerprint density at radius 2 is 1.96 bits per heavy atom. The van der Waals surface area contributed by atoms with Gasteiger partial charge in [0.1, 0.15) is 11.9 Å². The van der Waals surface area contributed by atoms with Gasteiger partial charge in [0.2, 0.25) is 11.7 Å². The van der Waals surface area contributed by atoms with Gasteiger partial charge in [-0.15, -0.1) is 0 Å². The highest BCUT2D eigenvalue weighted by molar-refractivity contribution is 6.31. The first-order chi connectivity index (χ1) is 12.5. The molecule has 0 aromatic heterocycles. The molecule has 1 aliphatic rings. The summed E-state index contributed by atoms with van der Waals surface area (Å²) in [7, 11) is 0. The van der Waals surface area contributed by atoms with E-state index in [1.165, 1.54) is 24.0 Å². The summed E-state index contributed by atoms with van der Waals surface area (Å²) < 4.78 is 37.9. The number of rotatable bonds is 3. The van der Waals surface area contributed by atoms with E-state index < -0.39 is 35.7 Å². The molecule has 3 N–H and O–H groups in total. The standard InChI is InChI=1S/C16H17ClF3N5O2/c1-9(23-13(26)10-3-2-4-11(17)7-10)14(27)24-5-6-25(12(21)8-24)15(22)16(18,19)20/h2-4,7,9,21-22H,5-6,8H2,1H3,(H,23,26)/t9-/m0/s1. The van der Waals surface area contributed by atoms with Crippen LogP contribution in [0.15, 0.2) is 24.3 Å². The van der Waals surface area contributed by atoms with Gasteiger partial charge < -0.3 is 15.1 Å². The van der Waals surface area contributed by atoms with Crippen LogP contribution in [-0.4, -0.2) is 65.1 Å². The van der Waals surface area contributed by atoms with E-state index in [-0.39, 0.29) is 25.2 Å². The molecular formula is C16H17ClF3N5O2. The number of carbonyl (C=O) groups is 2. The maximum Gasteiger partial charge on any atom is 0.449 e. The third-order valence-corrected chi connectivity index (χ3v) is 4.15. The molecule has 0 bridgehead atoms. The Morgan fingerprint density at radius 1 is 1.30 bits per heavy atom. The van der Waals surface area contributed by atoms with E-state index in [9.17, 15) is 22.8 Å². The Labute approximate surface area is 158 Å². The molecule has 2 amide bonds. The normalized spacial score (nSPS) is 16.1. The van der Waals surface area contributed by atoms with Gasteiger partial charge in [-0.2, -0.15) is 13.2 Å². The molecule has 0 unspecified atom stereocenters. The number of alkyl halides is 3. The zero-order valence-electron chi connectivity index (χ0n) is 14.2. The molecule has 1 atom stereocenters. The van der Waals surface area contributed by atoms with Crippen molar-refractivity contribution in [3.63, 3.8) is 0 Å². The first kappa shape index (κ1) is 20.7. The molecule has 1 aromatic carbocycles. The van der Waals surface area contributed by atoms with Crippen LogP contribution in [0.5, 0.6) is 0 Å². The topological polar surface area (TPSA) is 100 Å². The number of nitrogens with one attached hydrogen (secondary N) is 3. The van der Waals surface area contributed by atoms with Gasteiger partial charge >= 0.3 is 6.18 Å². The van der Waals surface area contributed by atoms with Crippen LogP contribution in [0.25, 0.3) is 0 Å². The van der Waals surface area contributed by atoms with E-state index in [0.717, 1.165) is 0 Å². The highest BCUT2D eigenvalue weighted by atomic mass is 35.5. The lowest BCUT2D eigenvalue weighted by Crippen LogP contribution is -2.59. The van der Waals surface area contributed by atoms with Crippen LogP contribution in [-0.2, 0) is 4.79 Å². The summed E-state index contributed by atoms with van der Waals surface area (Å²) in [6, 6.07) is 5.19. The Kier molecular flexibility index (Phi) is 6.09. The second kappa shape index (κ2) is 7.95. The Hall–Kier alpha value is -2.62. The maximum atomic E-state index is 12.6. The first-order valence-electron chi connectivity index (χ1n) is 7.86. The van der Waals surface area contributed by atoms with Crippen molar-refractivity contribution in [2.45, 2.75) is 19.1 Å². The fourth-order valence-electron chi connectivity index (χ4n) is 2.53. The van der Waals surface area contributed by atoms with Gasteiger partial charge in [-0.25, -0.2) is 0 Å². The minimum atomic E-state index is -4.86. The highest BCUT2D eigenvalue weighted by Gasteiger charge is 2.42. The molecule has 0 spiro atoms. The summed E-state index contributed by atoms with van der Waals surface area (Å²) in [5, 5.41) is 17.7. The number of amides is 2. The number of nitrogens with zero attached hydrogens (tertiary/aromatic N) is 2. The van der Waals surface area contributed by atoms with Crippen LogP contribution in [0.3, 0.4) is 0 Å². The molecule has 146 valence electrons. The van der Waals surface area contributed by atoms with Crippen LogP contribution in [0.1, 0.15) is 17.3 Å². The lowest BCUT2D eigenvalue weighted by molar-refractivity contribution is -0.132. The van der Waals surface area contributed by atoms with Gasteiger partial charge in [0.05, 0.1) is 6.54 Å². The molecule has 0 radical (unpaired) electrons. The van der Waals surface area contributed by atoms with Gasteiger partial charge in [0.15, 0.2) is 0 Å². The molecule has 0 saturated carbocycles. The maximum absolute atomic E-state index is 12.6. The van der Waals surface area contributed by atoms with Gasteiger partial charge in [-0.1, -0.05) is 17.7 Å². The lowest BCUT2D eigenvalue weighted by atomic mass is 10.2. The molecular weight excluding hydrogens is 387 g/mol. The second-order valence-electron chi connectivity index (χ2n) is 5.91. The summed E-state index contributed by atoms with van der Waals surface area (Å²) in [4.78, 5) is 26.3. The number of piperazine rings is 1. The van der Waals surface area contributed by atoms with Crippen molar-refractivity contribution >= 4 is 35.1 Å². The Balaban J connectivity index is 1.97. The molecule has 1 aliphatic heterocycles. The molecule has 27 heavy (non-hydrogen) atoms. The summed E-state index contributed by atoms with van der Waals surface area (Å²) in [5.41, 5.74) is 0.262. The van der Waals surface area contributed by atoms with E-state index in [1.54, 1.807) is 12.1 Å². The number of hydrogen-bond donors (Lipinski definition) is 3. The van der Waals surface area contributed by atoms with Crippen LogP contribution in [0.4, 0.5) is 13.2 Å². The van der Waals surface area contributed by atoms with Crippen LogP contribution in [0, 0.1) is 10.8 Å². The number of halogens is 4. The summed E-state index contributed by atoms with van der Waals surface area (Å²) >= 11 is 5.82. The second-order valence-corrected chi connectivity index (χ2v) is 6.35. The average Bonchev–Trinajstić information content (AvgIpc) is 2.59. The van der Waals surface area contributed by atoms with Gasteiger partial charge in [0, 0.05) is 23.7 Å². The third kappa shape index (κ3) is 4.97. The van der Waals surface area contributed by atoms with Crippen LogP contribution >= 0.6 is 11.6 Å². The molecule has 7 nitrogen and oxygen atoms in total. The number of benzene rings is 1. The van der Waals surface area contributed by atoms with Crippen molar-refractivity contribution in [3.05, 3.63) is 34.9 Å². The minimum Gasteiger partial charge on any atom is -0.341 e. The van der Waals surface area contributed by atoms with Crippen molar-refractivity contribution < 1.29 is 22.8 Å². The largest absolute Gasteiger partial charge is 0.449 e. The van der Waals surface area contributed by atoms with Gasteiger partial charge in [-0.05, 0) is 25.1 Å². The van der Waals surface area contributed by atoms with Gasteiger partial charge in [0.25, 0.3) is 5.91 Å². The smallest absolute Gasteiger partial charge is 0.341 e. The molecule has 1 saturated heterocycles. The van der Waals surface area contributed by atoms with E-state index in [1.807, 2.05) is 0 Å². The number of amidine groups is 2.